The first-order valence-corrected chi connectivity index (χ1v) is 10.4. The van der Waals surface area contributed by atoms with Gasteiger partial charge in [-0.3, -0.25) is 4.90 Å². The van der Waals surface area contributed by atoms with Crippen molar-refractivity contribution in [2.24, 2.45) is 0 Å². The topological polar surface area (TPSA) is 43.2 Å². The number of para-hydroxylation sites is 1. The predicted octanol–water partition coefficient (Wildman–Crippen LogP) is 4.21. The van der Waals surface area contributed by atoms with Crippen LogP contribution in [0.3, 0.4) is 0 Å². The van der Waals surface area contributed by atoms with E-state index in [1.54, 1.807) is 0 Å². The molecule has 2 saturated heterocycles. The lowest BCUT2D eigenvalue weighted by Gasteiger charge is -2.38. The minimum Gasteiger partial charge on any atom is -0.494 e. The normalized spacial score (nSPS) is 25.7. The van der Waals surface area contributed by atoms with Crippen molar-refractivity contribution >= 4 is 0 Å². The van der Waals surface area contributed by atoms with Crippen LogP contribution >= 0.6 is 0 Å². The van der Waals surface area contributed by atoms with Gasteiger partial charge in [-0.2, -0.15) is 0 Å². The molecule has 2 aliphatic rings. The number of hydrogen-bond acceptors (Lipinski definition) is 4. The van der Waals surface area contributed by atoms with Crippen LogP contribution in [0.2, 0.25) is 0 Å². The number of nitrogens with zero attached hydrogens (tertiary/aromatic N) is 4. The number of benzene rings is 1. The van der Waals surface area contributed by atoms with Crippen molar-refractivity contribution < 1.29 is 4.74 Å². The molecule has 0 amide bonds. The van der Waals surface area contributed by atoms with Gasteiger partial charge in [0, 0.05) is 30.2 Å². The lowest BCUT2D eigenvalue weighted by atomic mass is 9.93. The van der Waals surface area contributed by atoms with Crippen LogP contribution in [0.1, 0.15) is 64.6 Å². The SMILES string of the molecule is CC(C)(C)c1cn(C2CC3CCC(C2)N3CCCOc2ccccc2)nn1. The molecule has 0 saturated carbocycles. The zero-order valence-corrected chi connectivity index (χ0v) is 16.8. The molecule has 2 fully saturated rings. The maximum atomic E-state index is 5.86. The maximum absolute atomic E-state index is 5.86. The van der Waals surface area contributed by atoms with Gasteiger partial charge in [-0.25, -0.2) is 4.68 Å². The van der Waals surface area contributed by atoms with Gasteiger partial charge in [0.2, 0.25) is 0 Å². The molecule has 0 aliphatic carbocycles. The van der Waals surface area contributed by atoms with Crippen LogP contribution in [-0.4, -0.2) is 45.1 Å². The number of rotatable bonds is 6. The highest BCUT2D eigenvalue weighted by atomic mass is 16.5. The highest BCUT2D eigenvalue weighted by molar-refractivity contribution is 5.20. The van der Waals surface area contributed by atoms with E-state index in [-0.39, 0.29) is 5.41 Å². The fourth-order valence-electron chi connectivity index (χ4n) is 4.58. The van der Waals surface area contributed by atoms with Crippen molar-refractivity contribution in [1.82, 2.24) is 19.9 Å². The molecule has 5 nitrogen and oxygen atoms in total. The van der Waals surface area contributed by atoms with Crippen LogP contribution in [0.25, 0.3) is 0 Å². The van der Waals surface area contributed by atoms with E-state index < -0.39 is 0 Å². The molecule has 2 aromatic rings. The van der Waals surface area contributed by atoms with Crippen molar-refractivity contribution in [2.75, 3.05) is 13.2 Å². The molecule has 1 aromatic heterocycles. The molecule has 2 atom stereocenters. The summed E-state index contributed by atoms with van der Waals surface area (Å²) in [5.74, 6) is 0.972. The van der Waals surface area contributed by atoms with Crippen LogP contribution < -0.4 is 4.74 Å². The minimum absolute atomic E-state index is 0.0662. The first-order chi connectivity index (χ1) is 13.0. The average Bonchev–Trinajstić information content (AvgIpc) is 3.23. The maximum Gasteiger partial charge on any atom is 0.119 e. The lowest BCUT2D eigenvalue weighted by molar-refractivity contribution is 0.0952. The number of piperidine rings is 1. The van der Waals surface area contributed by atoms with Crippen LogP contribution in [0, 0.1) is 0 Å². The van der Waals surface area contributed by atoms with Crippen LogP contribution in [0.4, 0.5) is 0 Å². The third kappa shape index (κ3) is 4.18. The number of fused-ring (bicyclic) bond motifs is 2. The monoisotopic (exact) mass is 368 g/mol. The van der Waals surface area contributed by atoms with Gasteiger partial charge >= 0.3 is 0 Å². The second-order valence-corrected chi connectivity index (χ2v) is 9.10. The summed E-state index contributed by atoms with van der Waals surface area (Å²) >= 11 is 0. The molecule has 2 unspecified atom stereocenters. The van der Waals surface area contributed by atoms with Gasteiger partial charge in [-0.1, -0.05) is 44.2 Å². The van der Waals surface area contributed by atoms with E-state index in [0.717, 1.165) is 31.0 Å². The fourth-order valence-corrected chi connectivity index (χ4v) is 4.58. The Hall–Kier alpha value is -1.88. The summed E-state index contributed by atoms with van der Waals surface area (Å²) in [5, 5.41) is 8.89. The Bertz CT molecular complexity index is 722. The fraction of sp³-hybridized carbons (Fsp3) is 0.636. The molecule has 2 bridgehead atoms. The van der Waals surface area contributed by atoms with Gasteiger partial charge in [-0.05, 0) is 44.2 Å². The molecular weight excluding hydrogens is 336 g/mol. The van der Waals surface area contributed by atoms with E-state index in [1.165, 1.54) is 25.7 Å². The second kappa shape index (κ2) is 7.63. The summed E-state index contributed by atoms with van der Waals surface area (Å²) in [6.07, 6.45) is 8.30. The molecule has 27 heavy (non-hydrogen) atoms. The van der Waals surface area contributed by atoms with Crippen molar-refractivity contribution in [3.8, 4) is 5.75 Å². The van der Waals surface area contributed by atoms with Gasteiger partial charge in [0.15, 0.2) is 0 Å². The second-order valence-electron chi connectivity index (χ2n) is 9.10. The van der Waals surface area contributed by atoms with E-state index in [0.29, 0.717) is 18.1 Å². The van der Waals surface area contributed by atoms with Crippen LogP contribution in [-0.2, 0) is 5.41 Å². The molecule has 3 heterocycles. The smallest absolute Gasteiger partial charge is 0.119 e. The van der Waals surface area contributed by atoms with E-state index in [1.807, 2.05) is 30.3 Å². The summed E-state index contributed by atoms with van der Waals surface area (Å²) < 4.78 is 8.00. The molecule has 2 aliphatic heterocycles. The quantitative estimate of drug-likeness (QED) is 0.716. The third-order valence-corrected chi connectivity index (χ3v) is 6.08. The third-order valence-electron chi connectivity index (χ3n) is 6.08. The summed E-state index contributed by atoms with van der Waals surface area (Å²) in [7, 11) is 0. The largest absolute Gasteiger partial charge is 0.494 e. The van der Waals surface area contributed by atoms with E-state index in [9.17, 15) is 0 Å². The Morgan fingerprint density at radius 3 is 2.37 bits per heavy atom. The van der Waals surface area contributed by atoms with Crippen molar-refractivity contribution in [3.63, 3.8) is 0 Å². The molecule has 5 heteroatoms. The number of ether oxygens (including phenoxy) is 1. The Kier molecular flexibility index (Phi) is 5.22. The summed E-state index contributed by atoms with van der Waals surface area (Å²) in [4.78, 5) is 2.73. The zero-order chi connectivity index (χ0) is 18.9. The lowest BCUT2D eigenvalue weighted by Crippen LogP contribution is -2.44. The van der Waals surface area contributed by atoms with Gasteiger partial charge in [0.1, 0.15) is 5.75 Å². The Labute approximate surface area is 162 Å². The van der Waals surface area contributed by atoms with Gasteiger partial charge in [0.05, 0.1) is 18.3 Å². The summed E-state index contributed by atoms with van der Waals surface area (Å²) in [6.45, 7) is 8.53. The van der Waals surface area contributed by atoms with Gasteiger partial charge in [0.25, 0.3) is 0 Å². The molecule has 0 radical (unpaired) electrons. The van der Waals surface area contributed by atoms with E-state index in [2.05, 4.69) is 46.9 Å². The number of aromatic nitrogens is 3. The van der Waals surface area contributed by atoms with Crippen molar-refractivity contribution in [2.45, 2.75) is 76.4 Å². The minimum atomic E-state index is 0.0662. The summed E-state index contributed by atoms with van der Waals surface area (Å²) in [5.41, 5.74) is 1.16. The average molecular weight is 369 g/mol. The van der Waals surface area contributed by atoms with Crippen LogP contribution in [0.15, 0.2) is 36.5 Å². The van der Waals surface area contributed by atoms with Crippen molar-refractivity contribution in [1.29, 1.82) is 0 Å². The van der Waals surface area contributed by atoms with Crippen molar-refractivity contribution in [3.05, 3.63) is 42.2 Å². The number of hydrogen-bond donors (Lipinski definition) is 0. The Balaban J connectivity index is 1.29. The molecule has 146 valence electrons. The molecule has 0 N–H and O–H groups in total. The molecular formula is C22H32N4O. The van der Waals surface area contributed by atoms with Gasteiger partial charge < -0.3 is 4.74 Å². The highest BCUT2D eigenvalue weighted by Gasteiger charge is 2.41. The Morgan fingerprint density at radius 2 is 1.74 bits per heavy atom. The first kappa shape index (κ1) is 18.5. The van der Waals surface area contributed by atoms with Gasteiger partial charge in [-0.15, -0.1) is 5.10 Å². The molecule has 4 rings (SSSR count). The predicted molar refractivity (Wildman–Crippen MR) is 107 cm³/mol. The molecule has 1 aromatic carbocycles. The van der Waals surface area contributed by atoms with E-state index in [4.69, 9.17) is 4.74 Å². The standard InChI is InChI=1S/C22H32N4O/c1-22(2,3)21-16-26(24-23-21)19-14-17-10-11-18(15-19)25(17)12-7-13-27-20-8-5-4-6-9-20/h4-6,8-9,16-19H,7,10-15H2,1-3H3. The highest BCUT2D eigenvalue weighted by Crippen LogP contribution is 2.40. The van der Waals surface area contributed by atoms with Crippen LogP contribution in [0.5, 0.6) is 5.75 Å². The first-order valence-electron chi connectivity index (χ1n) is 10.4. The zero-order valence-electron chi connectivity index (χ0n) is 16.8. The Morgan fingerprint density at radius 1 is 1.04 bits per heavy atom. The van der Waals surface area contributed by atoms with E-state index >= 15 is 0 Å². The molecule has 0 spiro atoms. The summed E-state index contributed by atoms with van der Waals surface area (Å²) in [6, 6.07) is 12.0.